The number of halogens is 1. The molecule has 0 unspecified atom stereocenters. The maximum Gasteiger partial charge on any atom is 0.234 e. The highest BCUT2D eigenvalue weighted by Gasteiger charge is 2.03. The lowest BCUT2D eigenvalue weighted by Crippen LogP contribution is -2.28. The second kappa shape index (κ2) is 6.91. The van der Waals surface area contributed by atoms with Crippen LogP contribution >= 0.6 is 11.6 Å². The molecule has 0 fully saturated rings. The summed E-state index contributed by atoms with van der Waals surface area (Å²) in [6.07, 6.45) is 0.233. The number of alkyl halides is 1. The van der Waals surface area contributed by atoms with Gasteiger partial charge in [-0.15, -0.1) is 11.6 Å². The van der Waals surface area contributed by atoms with Gasteiger partial charge in [-0.25, -0.2) is 0 Å². The molecule has 0 bridgehead atoms. The number of benzene rings is 1. The molecule has 0 spiro atoms. The van der Waals surface area contributed by atoms with E-state index >= 15 is 0 Å². The van der Waals surface area contributed by atoms with E-state index < -0.39 is 0 Å². The molecule has 0 atom stereocenters. The van der Waals surface area contributed by atoms with Crippen LogP contribution in [-0.4, -0.2) is 24.2 Å². The molecule has 0 aliphatic heterocycles. The number of hydrogen-bond donors (Lipinski definition) is 2. The lowest BCUT2D eigenvalue weighted by molar-refractivity contribution is -0.119. The van der Waals surface area contributed by atoms with Gasteiger partial charge in [0.1, 0.15) is 5.88 Å². The van der Waals surface area contributed by atoms with Crippen LogP contribution in [0.3, 0.4) is 0 Å². The molecule has 1 aromatic carbocycles. The zero-order valence-corrected chi connectivity index (χ0v) is 10.4. The Hall–Kier alpha value is -1.55. The third-order valence-electron chi connectivity index (χ3n) is 2.10. The predicted octanol–water partition coefficient (Wildman–Crippen LogP) is 1.68. The number of amides is 2. The minimum absolute atomic E-state index is 0.0838. The second-order valence-corrected chi connectivity index (χ2v) is 3.92. The maximum absolute atomic E-state index is 11.5. The highest BCUT2D eigenvalue weighted by atomic mass is 35.5. The summed E-state index contributed by atoms with van der Waals surface area (Å²) < 4.78 is 0. The minimum Gasteiger partial charge on any atom is -0.355 e. The van der Waals surface area contributed by atoms with E-state index in [0.29, 0.717) is 6.54 Å². The van der Waals surface area contributed by atoms with Crippen molar-refractivity contribution in [3.05, 3.63) is 29.8 Å². The average molecular weight is 255 g/mol. The van der Waals surface area contributed by atoms with Crippen molar-refractivity contribution < 1.29 is 9.59 Å². The van der Waals surface area contributed by atoms with Crippen LogP contribution in [0.25, 0.3) is 0 Å². The molecule has 1 aromatic rings. The normalized spacial score (nSPS) is 9.76. The molecule has 0 aliphatic rings. The van der Waals surface area contributed by atoms with E-state index in [0.717, 1.165) is 11.3 Å². The molecule has 2 N–H and O–H groups in total. The highest BCUT2D eigenvalue weighted by molar-refractivity contribution is 6.27. The largest absolute Gasteiger partial charge is 0.355 e. The van der Waals surface area contributed by atoms with Gasteiger partial charge in [0.2, 0.25) is 11.8 Å². The number of carbonyl (C=O) groups excluding carboxylic acids is 2. The Morgan fingerprint density at radius 3 is 2.71 bits per heavy atom. The van der Waals surface area contributed by atoms with E-state index in [4.69, 9.17) is 11.6 Å². The number of nitrogens with one attached hydrogen (secondary N) is 2. The summed E-state index contributed by atoms with van der Waals surface area (Å²) in [7, 11) is 0. The van der Waals surface area contributed by atoms with Crippen molar-refractivity contribution in [2.75, 3.05) is 17.7 Å². The molecular weight excluding hydrogens is 240 g/mol. The van der Waals surface area contributed by atoms with E-state index in [1.165, 1.54) is 0 Å². The van der Waals surface area contributed by atoms with Gasteiger partial charge in [0, 0.05) is 18.7 Å². The summed E-state index contributed by atoms with van der Waals surface area (Å²) in [6.45, 7) is 2.25. The Kier molecular flexibility index (Phi) is 5.49. The molecule has 0 saturated carbocycles. The van der Waals surface area contributed by atoms with Crippen molar-refractivity contribution >= 4 is 29.1 Å². The van der Waals surface area contributed by atoms with Crippen LogP contribution < -0.4 is 10.6 Å². The highest BCUT2D eigenvalue weighted by Crippen LogP contribution is 2.09. The zero-order valence-electron chi connectivity index (χ0n) is 9.63. The molecule has 4 nitrogen and oxygen atoms in total. The van der Waals surface area contributed by atoms with Crippen molar-refractivity contribution in [3.8, 4) is 0 Å². The van der Waals surface area contributed by atoms with Crippen molar-refractivity contribution in [2.45, 2.75) is 13.3 Å². The first kappa shape index (κ1) is 13.5. The van der Waals surface area contributed by atoms with Gasteiger partial charge in [-0.2, -0.15) is 0 Å². The van der Waals surface area contributed by atoms with Crippen LogP contribution in [0.4, 0.5) is 5.69 Å². The molecule has 0 heterocycles. The smallest absolute Gasteiger partial charge is 0.234 e. The topological polar surface area (TPSA) is 58.2 Å². The zero-order chi connectivity index (χ0) is 12.7. The van der Waals surface area contributed by atoms with Gasteiger partial charge in [-0.1, -0.05) is 12.1 Å². The van der Waals surface area contributed by atoms with Gasteiger partial charge >= 0.3 is 0 Å². The van der Waals surface area contributed by atoms with Crippen molar-refractivity contribution in [2.24, 2.45) is 0 Å². The fourth-order valence-electron chi connectivity index (χ4n) is 1.31. The first-order chi connectivity index (χ1) is 8.11. The predicted molar refractivity (Wildman–Crippen MR) is 68.2 cm³/mol. The third-order valence-corrected chi connectivity index (χ3v) is 2.34. The molecule has 0 saturated heterocycles. The van der Waals surface area contributed by atoms with Gasteiger partial charge in [-0.3, -0.25) is 9.59 Å². The fraction of sp³-hybridized carbons (Fsp3) is 0.333. The van der Waals surface area contributed by atoms with E-state index in [2.05, 4.69) is 10.6 Å². The SMILES string of the molecule is Cc1cccc(NC(=O)CCNC(=O)CCl)c1. The van der Waals surface area contributed by atoms with E-state index in [1.54, 1.807) is 0 Å². The minimum atomic E-state index is -0.268. The molecule has 5 heteroatoms. The Balaban J connectivity index is 2.32. The number of hydrogen-bond acceptors (Lipinski definition) is 2. The monoisotopic (exact) mass is 254 g/mol. The summed E-state index contributed by atoms with van der Waals surface area (Å²) >= 11 is 5.30. The number of aryl methyl sites for hydroxylation is 1. The maximum atomic E-state index is 11.5. The van der Waals surface area contributed by atoms with Crippen LogP contribution in [-0.2, 0) is 9.59 Å². The van der Waals surface area contributed by atoms with E-state index in [1.807, 2.05) is 31.2 Å². The summed E-state index contributed by atoms with van der Waals surface area (Å²) in [4.78, 5) is 22.3. The van der Waals surface area contributed by atoms with Crippen LogP contribution in [0.15, 0.2) is 24.3 Å². The average Bonchev–Trinajstić information content (AvgIpc) is 2.28. The lowest BCUT2D eigenvalue weighted by atomic mass is 10.2. The third kappa shape index (κ3) is 5.36. The van der Waals surface area contributed by atoms with Gasteiger partial charge in [0.25, 0.3) is 0 Å². The number of anilines is 1. The molecule has 0 radical (unpaired) electrons. The van der Waals surface area contributed by atoms with Gasteiger partial charge in [-0.05, 0) is 24.6 Å². The fourth-order valence-corrected chi connectivity index (χ4v) is 1.40. The Morgan fingerprint density at radius 1 is 1.29 bits per heavy atom. The van der Waals surface area contributed by atoms with Crippen LogP contribution in [0.1, 0.15) is 12.0 Å². The standard InChI is InChI=1S/C12H15ClN2O2/c1-9-3-2-4-10(7-9)15-11(16)5-6-14-12(17)8-13/h2-4,7H,5-6,8H2,1H3,(H,14,17)(H,15,16). The number of rotatable bonds is 5. The Labute approximate surface area is 105 Å². The second-order valence-electron chi connectivity index (χ2n) is 3.65. The summed E-state index contributed by atoms with van der Waals surface area (Å²) in [5.74, 6) is -0.486. The Morgan fingerprint density at radius 2 is 2.06 bits per heavy atom. The molecule has 0 aromatic heterocycles. The van der Waals surface area contributed by atoms with E-state index in [9.17, 15) is 9.59 Å². The summed E-state index contributed by atoms with van der Waals surface area (Å²) in [5.41, 5.74) is 1.84. The summed E-state index contributed by atoms with van der Waals surface area (Å²) in [5, 5.41) is 5.28. The van der Waals surface area contributed by atoms with Crippen molar-refractivity contribution in [3.63, 3.8) is 0 Å². The molecule has 92 valence electrons. The lowest BCUT2D eigenvalue weighted by Gasteiger charge is -2.06. The number of carbonyl (C=O) groups is 2. The Bertz CT molecular complexity index is 407. The molecule has 2 amide bonds. The molecule has 17 heavy (non-hydrogen) atoms. The first-order valence-corrected chi connectivity index (χ1v) is 5.84. The molecule has 0 aliphatic carbocycles. The molecular formula is C12H15ClN2O2. The molecule has 1 rings (SSSR count). The van der Waals surface area contributed by atoms with Crippen LogP contribution in [0, 0.1) is 6.92 Å². The van der Waals surface area contributed by atoms with Crippen LogP contribution in [0.5, 0.6) is 0 Å². The van der Waals surface area contributed by atoms with Crippen molar-refractivity contribution in [1.82, 2.24) is 5.32 Å². The van der Waals surface area contributed by atoms with Gasteiger partial charge in [0.05, 0.1) is 0 Å². The van der Waals surface area contributed by atoms with Crippen molar-refractivity contribution in [1.29, 1.82) is 0 Å². The first-order valence-electron chi connectivity index (χ1n) is 5.31. The summed E-state index contributed by atoms with van der Waals surface area (Å²) in [6, 6.07) is 7.54. The van der Waals surface area contributed by atoms with Gasteiger partial charge in [0.15, 0.2) is 0 Å². The van der Waals surface area contributed by atoms with E-state index in [-0.39, 0.29) is 24.1 Å². The quantitative estimate of drug-likeness (QED) is 0.786. The van der Waals surface area contributed by atoms with Crippen LogP contribution in [0.2, 0.25) is 0 Å². The van der Waals surface area contributed by atoms with Gasteiger partial charge < -0.3 is 10.6 Å².